The van der Waals surface area contributed by atoms with E-state index in [2.05, 4.69) is 6.92 Å². The van der Waals surface area contributed by atoms with Crippen LogP contribution in [0.2, 0.25) is 0 Å². The number of hydrogen-bond donors (Lipinski definition) is 1. The van der Waals surface area contributed by atoms with E-state index in [1.165, 1.54) is 6.92 Å². The molecule has 0 aliphatic carbocycles. The highest BCUT2D eigenvalue weighted by Gasteiger charge is 2.05. The molecule has 0 unspecified atom stereocenters. The smallest absolute Gasteiger partial charge is 0.328 e. The average molecular weight is 184 g/mol. The Morgan fingerprint density at radius 1 is 1.31 bits per heavy atom. The zero-order valence-electron chi connectivity index (χ0n) is 8.17. The van der Waals surface area contributed by atoms with Gasteiger partial charge in [-0.1, -0.05) is 19.8 Å². The molecule has 1 N–H and O–H groups in total. The van der Waals surface area contributed by atoms with Crippen LogP contribution < -0.4 is 0 Å². The number of aliphatic carboxylic acids is 1. The van der Waals surface area contributed by atoms with Crippen LogP contribution >= 0.6 is 0 Å². The molecular formula is C10H16O3. The van der Waals surface area contributed by atoms with E-state index >= 15 is 0 Å². The lowest BCUT2D eigenvalue weighted by Gasteiger charge is -2.00. The maximum atomic E-state index is 10.9. The minimum Gasteiger partial charge on any atom is -0.478 e. The van der Waals surface area contributed by atoms with E-state index in [1.807, 2.05) is 0 Å². The monoisotopic (exact) mass is 184 g/mol. The van der Waals surface area contributed by atoms with Crippen LogP contribution in [0.15, 0.2) is 11.6 Å². The van der Waals surface area contributed by atoms with Crippen LogP contribution in [0.25, 0.3) is 0 Å². The maximum absolute atomic E-state index is 10.9. The number of ketones is 1. The van der Waals surface area contributed by atoms with Crippen molar-refractivity contribution in [3.63, 3.8) is 0 Å². The van der Waals surface area contributed by atoms with Gasteiger partial charge in [-0.15, -0.1) is 0 Å². The van der Waals surface area contributed by atoms with Crippen molar-refractivity contribution in [2.45, 2.75) is 39.5 Å². The van der Waals surface area contributed by atoms with Crippen LogP contribution in [0.3, 0.4) is 0 Å². The van der Waals surface area contributed by atoms with Gasteiger partial charge in [-0.05, 0) is 19.8 Å². The predicted molar refractivity (Wildman–Crippen MR) is 50.5 cm³/mol. The first-order chi connectivity index (χ1) is 6.07. The van der Waals surface area contributed by atoms with Crippen LogP contribution in [0.5, 0.6) is 0 Å². The zero-order valence-corrected chi connectivity index (χ0v) is 8.17. The van der Waals surface area contributed by atoms with Crippen LogP contribution in [0.4, 0.5) is 0 Å². The summed E-state index contributed by atoms with van der Waals surface area (Å²) in [4.78, 5) is 21.3. The molecule has 0 aromatic carbocycles. The number of unbranched alkanes of at least 4 members (excludes halogenated alkanes) is 2. The summed E-state index contributed by atoms with van der Waals surface area (Å²) in [5.74, 6) is -1.18. The summed E-state index contributed by atoms with van der Waals surface area (Å²) in [6.45, 7) is 3.47. The third kappa shape index (κ3) is 6.08. The average Bonchev–Trinajstić information content (AvgIpc) is 2.02. The third-order valence-electron chi connectivity index (χ3n) is 1.80. The van der Waals surface area contributed by atoms with Crippen LogP contribution in [0.1, 0.15) is 39.5 Å². The number of carbonyl (C=O) groups excluding carboxylic acids is 1. The second-order valence-electron chi connectivity index (χ2n) is 3.02. The highest BCUT2D eigenvalue weighted by atomic mass is 16.4. The van der Waals surface area contributed by atoms with E-state index in [0.29, 0.717) is 12.0 Å². The molecule has 0 aromatic heterocycles. The van der Waals surface area contributed by atoms with Crippen LogP contribution in [0, 0.1) is 0 Å². The Bertz CT molecular complexity index is 216. The normalized spacial score (nSPS) is 11.4. The fraction of sp³-hybridized carbons (Fsp3) is 0.600. The number of hydrogen-bond acceptors (Lipinski definition) is 2. The Kier molecular flexibility index (Phi) is 5.85. The lowest BCUT2D eigenvalue weighted by atomic mass is 10.0. The van der Waals surface area contributed by atoms with Gasteiger partial charge in [0.15, 0.2) is 5.78 Å². The quantitative estimate of drug-likeness (QED) is 0.508. The van der Waals surface area contributed by atoms with Crippen molar-refractivity contribution in [3.05, 3.63) is 11.6 Å². The molecule has 0 saturated carbocycles. The number of carbonyl (C=O) groups is 2. The van der Waals surface area contributed by atoms with Gasteiger partial charge in [-0.2, -0.15) is 0 Å². The summed E-state index contributed by atoms with van der Waals surface area (Å²) >= 11 is 0. The second kappa shape index (κ2) is 6.40. The van der Waals surface area contributed by atoms with Crippen molar-refractivity contribution in [3.8, 4) is 0 Å². The van der Waals surface area contributed by atoms with Crippen LogP contribution in [-0.4, -0.2) is 16.9 Å². The van der Waals surface area contributed by atoms with Gasteiger partial charge in [-0.25, -0.2) is 4.79 Å². The van der Waals surface area contributed by atoms with Gasteiger partial charge in [0.05, 0.1) is 0 Å². The lowest BCUT2D eigenvalue weighted by molar-refractivity contribution is -0.131. The highest BCUT2D eigenvalue weighted by molar-refractivity contribution is 5.98. The second-order valence-corrected chi connectivity index (χ2v) is 3.02. The minimum absolute atomic E-state index is 0.140. The lowest BCUT2D eigenvalue weighted by Crippen LogP contribution is -2.01. The molecule has 3 heteroatoms. The molecular weight excluding hydrogens is 168 g/mol. The van der Waals surface area contributed by atoms with Crippen LogP contribution in [-0.2, 0) is 9.59 Å². The fourth-order valence-electron chi connectivity index (χ4n) is 1.06. The van der Waals surface area contributed by atoms with E-state index in [1.54, 1.807) is 0 Å². The van der Waals surface area contributed by atoms with Gasteiger partial charge in [-0.3, -0.25) is 4.79 Å². The Morgan fingerprint density at radius 3 is 2.31 bits per heavy atom. The van der Waals surface area contributed by atoms with E-state index in [4.69, 9.17) is 5.11 Å². The van der Waals surface area contributed by atoms with Crippen molar-refractivity contribution in [1.29, 1.82) is 0 Å². The van der Waals surface area contributed by atoms with Gasteiger partial charge in [0.2, 0.25) is 0 Å². The summed E-state index contributed by atoms with van der Waals surface area (Å²) in [6, 6.07) is 0. The number of allylic oxidation sites excluding steroid dienone is 1. The summed E-state index contributed by atoms with van der Waals surface area (Å²) in [5, 5.41) is 8.46. The molecule has 0 saturated heterocycles. The minimum atomic E-state index is -1.04. The predicted octanol–water partition coefficient (Wildman–Crippen LogP) is 2.17. The molecule has 0 amide bonds. The standard InChI is InChI=1S/C10H16O3/c1-3-4-5-6-9(8(2)11)7-10(12)13/h7H,3-6H2,1-2H3,(H,12,13)/b9-7+. The topological polar surface area (TPSA) is 54.4 Å². The zero-order chi connectivity index (χ0) is 10.3. The van der Waals surface area contributed by atoms with Gasteiger partial charge in [0.1, 0.15) is 0 Å². The molecule has 0 fully saturated rings. The van der Waals surface area contributed by atoms with Gasteiger partial charge >= 0.3 is 5.97 Å². The largest absolute Gasteiger partial charge is 0.478 e. The Hall–Kier alpha value is -1.12. The van der Waals surface area contributed by atoms with E-state index in [-0.39, 0.29) is 5.78 Å². The molecule has 0 spiro atoms. The summed E-state index contributed by atoms with van der Waals surface area (Å²) in [7, 11) is 0. The first-order valence-electron chi connectivity index (χ1n) is 4.52. The molecule has 0 heterocycles. The number of Topliss-reactive ketones (excluding diaryl/α,β-unsaturated/α-hetero) is 1. The van der Waals surface area contributed by atoms with Crippen molar-refractivity contribution in [2.24, 2.45) is 0 Å². The first-order valence-corrected chi connectivity index (χ1v) is 4.52. The molecule has 0 bridgehead atoms. The van der Waals surface area contributed by atoms with Crippen molar-refractivity contribution >= 4 is 11.8 Å². The Labute approximate surface area is 78.5 Å². The molecule has 0 atom stereocenters. The van der Waals surface area contributed by atoms with Crippen molar-refractivity contribution in [2.75, 3.05) is 0 Å². The molecule has 0 aliphatic heterocycles. The molecule has 74 valence electrons. The maximum Gasteiger partial charge on any atom is 0.328 e. The van der Waals surface area contributed by atoms with E-state index < -0.39 is 5.97 Å². The number of rotatable bonds is 6. The fourth-order valence-corrected chi connectivity index (χ4v) is 1.06. The van der Waals surface area contributed by atoms with Gasteiger partial charge in [0, 0.05) is 11.6 Å². The Balaban J connectivity index is 4.11. The van der Waals surface area contributed by atoms with Gasteiger partial charge < -0.3 is 5.11 Å². The van der Waals surface area contributed by atoms with E-state index in [9.17, 15) is 9.59 Å². The summed E-state index contributed by atoms with van der Waals surface area (Å²) in [5.41, 5.74) is 0.418. The first kappa shape index (κ1) is 11.9. The summed E-state index contributed by atoms with van der Waals surface area (Å²) in [6.07, 6.45) is 4.57. The number of carboxylic acids is 1. The number of carboxylic acid groups (broad SMARTS) is 1. The van der Waals surface area contributed by atoms with Gasteiger partial charge in [0.25, 0.3) is 0 Å². The van der Waals surface area contributed by atoms with Crippen molar-refractivity contribution < 1.29 is 14.7 Å². The Morgan fingerprint density at radius 2 is 1.92 bits per heavy atom. The molecule has 3 nitrogen and oxygen atoms in total. The molecule has 13 heavy (non-hydrogen) atoms. The molecule has 0 rings (SSSR count). The molecule has 0 radical (unpaired) electrons. The summed E-state index contributed by atoms with van der Waals surface area (Å²) < 4.78 is 0. The van der Waals surface area contributed by atoms with E-state index in [0.717, 1.165) is 25.3 Å². The molecule has 0 aliphatic rings. The highest BCUT2D eigenvalue weighted by Crippen LogP contribution is 2.09. The van der Waals surface area contributed by atoms with Crippen molar-refractivity contribution in [1.82, 2.24) is 0 Å². The molecule has 0 aromatic rings. The third-order valence-corrected chi connectivity index (χ3v) is 1.80. The SMILES string of the molecule is CCCCC/C(=C\C(=O)O)C(C)=O.